The van der Waals surface area contributed by atoms with Crippen LogP contribution in [0.3, 0.4) is 0 Å². The highest BCUT2D eigenvalue weighted by Gasteiger charge is 2.28. The van der Waals surface area contributed by atoms with Crippen molar-refractivity contribution in [2.24, 2.45) is 18.5 Å². The van der Waals surface area contributed by atoms with E-state index in [1.807, 2.05) is 18.2 Å². The number of hydrogen-bond donors (Lipinski definition) is 1. The van der Waals surface area contributed by atoms with Crippen molar-refractivity contribution in [3.8, 4) is 23.1 Å². The summed E-state index contributed by atoms with van der Waals surface area (Å²) in [7, 11) is 2.60. The normalized spacial score (nSPS) is 18.1. The summed E-state index contributed by atoms with van der Waals surface area (Å²) in [6, 6.07) is 8.80. The van der Waals surface area contributed by atoms with Gasteiger partial charge in [0.2, 0.25) is 5.88 Å². The Morgan fingerprint density at radius 2 is 2.05 bits per heavy atom. The molecule has 4 heterocycles. The Hall–Kier alpha value is -3.30. The maximum Gasteiger partial charge on any atom is 0.387 e. The summed E-state index contributed by atoms with van der Waals surface area (Å²) >= 11 is 0. The van der Waals surface area contributed by atoms with Crippen LogP contribution >= 0.6 is 8.07 Å². The summed E-state index contributed by atoms with van der Waals surface area (Å²) < 4.78 is 41.1. The lowest BCUT2D eigenvalue weighted by atomic mass is 10.1. The molecule has 2 aliphatic rings. The lowest BCUT2D eigenvalue weighted by Crippen LogP contribution is -2.37. The number of halogens is 2. The monoisotopic (exact) mass is 542 g/mol. The van der Waals surface area contributed by atoms with Gasteiger partial charge in [0.05, 0.1) is 24.6 Å². The molecule has 0 bridgehead atoms. The van der Waals surface area contributed by atoms with E-state index in [1.165, 1.54) is 6.07 Å². The van der Waals surface area contributed by atoms with E-state index in [-0.39, 0.29) is 17.2 Å². The number of fused-ring (bicyclic) bond motifs is 2. The zero-order valence-electron chi connectivity index (χ0n) is 21.2. The molecule has 6 rings (SSSR count). The second kappa shape index (κ2) is 9.78. The number of rotatable bonds is 7. The number of pyridine rings is 1. The van der Waals surface area contributed by atoms with Gasteiger partial charge in [-0.05, 0) is 63.7 Å². The van der Waals surface area contributed by atoms with Gasteiger partial charge in [0.1, 0.15) is 11.2 Å². The molecule has 2 N–H and O–H groups in total. The predicted octanol–water partition coefficient (Wildman–Crippen LogP) is 4.77. The predicted molar refractivity (Wildman–Crippen MR) is 142 cm³/mol. The quantitative estimate of drug-likeness (QED) is 0.338. The Bertz CT molecular complexity index is 1530. The van der Waals surface area contributed by atoms with Crippen molar-refractivity contribution < 1.29 is 23.0 Å². The van der Waals surface area contributed by atoms with Crippen molar-refractivity contribution in [1.29, 1.82) is 0 Å². The molecule has 0 unspecified atom stereocenters. The third-order valence-corrected chi connectivity index (χ3v) is 8.80. The highest BCUT2D eigenvalue weighted by atomic mass is 31.1. The molecule has 2 fully saturated rings. The molecule has 1 amide bonds. The van der Waals surface area contributed by atoms with Gasteiger partial charge >= 0.3 is 6.61 Å². The summed E-state index contributed by atoms with van der Waals surface area (Å²) in [6.45, 7) is -1.70. The average molecular weight is 543 g/mol. The van der Waals surface area contributed by atoms with Crippen LogP contribution in [0.1, 0.15) is 29.6 Å². The summed E-state index contributed by atoms with van der Waals surface area (Å²) in [4.78, 5) is 24.5. The molecule has 1 atom stereocenters. The molecule has 0 spiro atoms. The van der Waals surface area contributed by atoms with Crippen molar-refractivity contribution in [3.05, 3.63) is 35.9 Å². The molecule has 0 radical (unpaired) electrons. The molecule has 1 saturated carbocycles. The number of nitrogens with two attached hydrogens (primary N) is 1. The number of carbonyl (C=O) groups is 1. The van der Waals surface area contributed by atoms with Crippen LogP contribution in [0.15, 0.2) is 30.3 Å². The van der Waals surface area contributed by atoms with E-state index in [0.29, 0.717) is 41.5 Å². The lowest BCUT2D eigenvalue weighted by Gasteiger charge is -2.30. The van der Waals surface area contributed by atoms with Crippen LogP contribution in [-0.4, -0.2) is 62.6 Å². The number of imidazole rings is 1. The minimum Gasteiger partial charge on any atom is -0.481 e. The van der Waals surface area contributed by atoms with E-state index >= 15 is 0 Å². The number of aromatic nitrogens is 4. The van der Waals surface area contributed by atoms with E-state index in [0.717, 1.165) is 48.7 Å². The van der Waals surface area contributed by atoms with Gasteiger partial charge in [-0.2, -0.15) is 13.8 Å². The van der Waals surface area contributed by atoms with Gasteiger partial charge in [0.15, 0.2) is 11.6 Å². The van der Waals surface area contributed by atoms with Crippen LogP contribution in [0.25, 0.3) is 33.6 Å². The third-order valence-electron chi connectivity index (χ3n) is 7.20. The number of alkyl halides is 2. The van der Waals surface area contributed by atoms with Gasteiger partial charge in [0.25, 0.3) is 5.91 Å². The first-order valence-electron chi connectivity index (χ1n) is 12.6. The van der Waals surface area contributed by atoms with E-state index in [9.17, 15) is 13.6 Å². The van der Waals surface area contributed by atoms with Gasteiger partial charge in [-0.1, -0.05) is 0 Å². The minimum atomic E-state index is -3.05. The van der Waals surface area contributed by atoms with Crippen molar-refractivity contribution in [2.45, 2.75) is 32.4 Å². The number of carbonyl (C=O) groups excluding carboxylic acids is 1. The molecular formula is C26H29F2N6O3P. The fourth-order valence-corrected chi connectivity index (χ4v) is 6.57. The van der Waals surface area contributed by atoms with Gasteiger partial charge < -0.3 is 29.0 Å². The molecular weight excluding hydrogens is 513 g/mol. The topological polar surface area (TPSA) is 100 Å². The average Bonchev–Trinajstić information content (AvgIpc) is 3.56. The van der Waals surface area contributed by atoms with E-state index < -0.39 is 14.7 Å². The van der Waals surface area contributed by atoms with Crippen LogP contribution in [0.2, 0.25) is 0 Å². The highest BCUT2D eigenvalue weighted by molar-refractivity contribution is 7.55. The van der Waals surface area contributed by atoms with Crippen LogP contribution in [0.5, 0.6) is 11.6 Å². The number of amides is 1. The van der Waals surface area contributed by atoms with Crippen LogP contribution in [0, 0.1) is 5.92 Å². The van der Waals surface area contributed by atoms with Crippen LogP contribution < -0.4 is 15.0 Å². The Morgan fingerprint density at radius 1 is 1.24 bits per heavy atom. The molecule has 9 nitrogen and oxygen atoms in total. The van der Waals surface area contributed by atoms with E-state index in [1.54, 1.807) is 29.7 Å². The van der Waals surface area contributed by atoms with Crippen LogP contribution in [-0.2, 0) is 13.6 Å². The Labute approximate surface area is 219 Å². The Kier molecular flexibility index (Phi) is 6.44. The number of nitrogens with zero attached hydrogens (tertiary/aromatic N) is 5. The molecule has 1 aromatic carbocycles. The largest absolute Gasteiger partial charge is 0.481 e. The molecule has 1 aliphatic heterocycles. The number of benzene rings is 1. The standard InChI is InChI=1S/C26H29F2N6O3P/c1-32-22-18(10-17(12-20(22)37-26(27)28)25(35)33-8-3-9-38(29)14-33)30-24(32)19-11-16-6-7-21(36-2)31-23(16)34(19)13-15-4-5-15/h6-7,10-12,15,26H,3-5,8-9,13-14,29H2,1-2H3/t38-/m1/s1. The number of methoxy groups -OCH3 is 1. The second-order valence-electron chi connectivity index (χ2n) is 9.94. The second-order valence-corrected chi connectivity index (χ2v) is 11.8. The molecule has 4 aromatic rings. The molecule has 200 valence electrons. The first-order valence-corrected chi connectivity index (χ1v) is 14.4. The summed E-state index contributed by atoms with van der Waals surface area (Å²) in [5.41, 5.74) is 8.78. The summed E-state index contributed by atoms with van der Waals surface area (Å²) in [6.07, 6.45) is 4.52. The Morgan fingerprint density at radius 3 is 2.76 bits per heavy atom. The van der Waals surface area contributed by atoms with Crippen molar-refractivity contribution in [3.63, 3.8) is 0 Å². The summed E-state index contributed by atoms with van der Waals surface area (Å²) in [5, 5.41) is 0.928. The zero-order chi connectivity index (χ0) is 26.6. The maximum atomic E-state index is 13.5. The minimum absolute atomic E-state index is 0.0845. The van der Waals surface area contributed by atoms with E-state index in [4.69, 9.17) is 20.0 Å². The molecule has 1 aliphatic carbocycles. The zero-order valence-corrected chi connectivity index (χ0v) is 22.1. The third kappa shape index (κ3) is 4.58. The molecule has 38 heavy (non-hydrogen) atoms. The lowest BCUT2D eigenvalue weighted by molar-refractivity contribution is -0.0490. The maximum absolute atomic E-state index is 13.5. The van der Waals surface area contributed by atoms with Crippen molar-refractivity contribution >= 4 is 36.0 Å². The van der Waals surface area contributed by atoms with Crippen LogP contribution in [0.4, 0.5) is 8.78 Å². The van der Waals surface area contributed by atoms with E-state index in [2.05, 4.69) is 9.55 Å². The molecule has 3 aromatic heterocycles. The fraction of sp³-hybridized carbons (Fsp3) is 0.423. The SMILES string of the molecule is COc1ccc2cc(-c3nc4cc(C(=O)N5CCC[P@@](N)C5)cc(OC(F)F)c4n3C)n(CC3CC3)c2n1. The number of hydrogen-bond acceptors (Lipinski definition) is 6. The smallest absolute Gasteiger partial charge is 0.387 e. The number of ether oxygens (including phenoxy) is 2. The summed E-state index contributed by atoms with van der Waals surface area (Å²) in [5.74, 6) is 1.30. The van der Waals surface area contributed by atoms with Gasteiger partial charge in [-0.3, -0.25) is 4.79 Å². The first kappa shape index (κ1) is 25.0. The highest BCUT2D eigenvalue weighted by Crippen LogP contribution is 2.39. The first-order chi connectivity index (χ1) is 18.3. The molecule has 12 heteroatoms. The van der Waals surface area contributed by atoms with Crippen molar-refractivity contribution in [1.82, 2.24) is 24.0 Å². The van der Waals surface area contributed by atoms with Gasteiger partial charge in [-0.25, -0.2) is 4.98 Å². The van der Waals surface area contributed by atoms with Crippen molar-refractivity contribution in [2.75, 3.05) is 26.1 Å². The van der Waals surface area contributed by atoms with Gasteiger partial charge in [-0.15, -0.1) is 0 Å². The van der Waals surface area contributed by atoms with Gasteiger partial charge in [0, 0.05) is 37.2 Å². The molecule has 1 saturated heterocycles. The Balaban J connectivity index is 1.50. The fourth-order valence-electron chi connectivity index (χ4n) is 5.17. The number of aryl methyl sites for hydroxylation is 1.